The summed E-state index contributed by atoms with van der Waals surface area (Å²) in [5.74, 6) is -1.10. The number of rotatable bonds is 7. The van der Waals surface area contributed by atoms with Gasteiger partial charge in [-0.3, -0.25) is 14.4 Å². The van der Waals surface area contributed by atoms with Crippen molar-refractivity contribution in [2.45, 2.75) is 18.7 Å². The lowest BCUT2D eigenvalue weighted by Gasteiger charge is -2.20. The van der Waals surface area contributed by atoms with Gasteiger partial charge in [-0.1, -0.05) is 13.8 Å². The van der Waals surface area contributed by atoms with Gasteiger partial charge in [-0.15, -0.1) is 0 Å². The number of hydrogen-bond acceptors (Lipinski definition) is 5. The summed E-state index contributed by atoms with van der Waals surface area (Å²) in [5, 5.41) is 0.309. The van der Waals surface area contributed by atoms with E-state index in [2.05, 4.69) is 4.98 Å². The largest absolute Gasteiger partial charge is 0.366 e. The Morgan fingerprint density at radius 2 is 1.62 bits per heavy atom. The van der Waals surface area contributed by atoms with E-state index in [1.54, 1.807) is 26.0 Å². The Hall–Kier alpha value is -3.50. The van der Waals surface area contributed by atoms with Crippen molar-refractivity contribution in [3.8, 4) is 0 Å². The molecule has 0 fully saturated rings. The van der Waals surface area contributed by atoms with Crippen LogP contribution in [0.15, 0.2) is 58.2 Å². The molecule has 0 unspecified atom stereocenters. The number of nitrogens with one attached hydrogen (secondary N) is 1. The molecule has 3 aromatic rings. The monoisotopic (exact) mass is 456 g/mol. The molecule has 0 bridgehead atoms. The molecular formula is C22H24N4O5S. The molecule has 32 heavy (non-hydrogen) atoms. The van der Waals surface area contributed by atoms with Crippen LogP contribution >= 0.6 is 0 Å². The number of aromatic amines is 1. The zero-order valence-corrected chi connectivity index (χ0v) is 18.8. The highest BCUT2D eigenvalue weighted by Gasteiger charge is 2.24. The van der Waals surface area contributed by atoms with Crippen LogP contribution in [0.1, 0.15) is 34.6 Å². The van der Waals surface area contributed by atoms with Gasteiger partial charge in [-0.2, -0.15) is 4.31 Å². The summed E-state index contributed by atoms with van der Waals surface area (Å²) in [6.07, 6.45) is 0. The number of carbonyl (C=O) groups excluding carboxylic acids is 2. The number of H-pyrrole nitrogens is 1. The zero-order valence-electron chi connectivity index (χ0n) is 18.0. The second-order valence-electron chi connectivity index (χ2n) is 7.12. The van der Waals surface area contributed by atoms with Crippen molar-refractivity contribution in [3.05, 3.63) is 70.0 Å². The summed E-state index contributed by atoms with van der Waals surface area (Å²) < 4.78 is 27.2. The number of aromatic nitrogens is 1. The number of anilines is 1. The second kappa shape index (κ2) is 8.93. The minimum absolute atomic E-state index is 0.0308. The number of primary amides is 1. The van der Waals surface area contributed by atoms with E-state index in [0.29, 0.717) is 35.2 Å². The number of benzene rings is 2. The number of sulfonamides is 1. The molecule has 1 aromatic heterocycles. The van der Waals surface area contributed by atoms with Crippen molar-refractivity contribution in [1.82, 2.24) is 9.29 Å². The summed E-state index contributed by atoms with van der Waals surface area (Å²) >= 11 is 0. The number of carbonyl (C=O) groups is 2. The Balaban J connectivity index is 2.11. The maximum absolute atomic E-state index is 13.3. The number of pyridine rings is 1. The van der Waals surface area contributed by atoms with Crippen molar-refractivity contribution in [1.29, 1.82) is 0 Å². The fraction of sp³-hybridized carbons (Fsp3) is 0.227. The quantitative estimate of drug-likeness (QED) is 0.560. The molecule has 0 aliphatic rings. The molecule has 0 saturated heterocycles. The van der Waals surface area contributed by atoms with Crippen molar-refractivity contribution in [2.75, 3.05) is 25.0 Å². The van der Waals surface area contributed by atoms with Crippen LogP contribution in [0.25, 0.3) is 10.9 Å². The van der Waals surface area contributed by atoms with Gasteiger partial charge in [0.1, 0.15) is 0 Å². The topological polar surface area (TPSA) is 134 Å². The summed E-state index contributed by atoms with van der Waals surface area (Å²) in [4.78, 5) is 40.7. The third-order valence-electron chi connectivity index (χ3n) is 5.23. The van der Waals surface area contributed by atoms with E-state index in [1.807, 2.05) is 0 Å². The summed E-state index contributed by atoms with van der Waals surface area (Å²) in [6.45, 7) is 4.09. The summed E-state index contributed by atoms with van der Waals surface area (Å²) in [5.41, 5.74) is 5.93. The van der Waals surface area contributed by atoms with Gasteiger partial charge in [0, 0.05) is 48.4 Å². The molecule has 2 aromatic carbocycles. The number of fused-ring (bicyclic) bond motifs is 1. The number of amides is 2. The average molecular weight is 457 g/mol. The first-order valence-corrected chi connectivity index (χ1v) is 11.4. The number of nitrogens with zero attached hydrogens (tertiary/aromatic N) is 2. The van der Waals surface area contributed by atoms with Gasteiger partial charge in [0.05, 0.1) is 10.5 Å². The Labute approximate surface area is 185 Å². The first-order valence-electron chi connectivity index (χ1n) is 9.95. The van der Waals surface area contributed by atoms with Crippen molar-refractivity contribution in [3.63, 3.8) is 0 Å². The molecule has 0 aliphatic carbocycles. The standard InChI is InChI=1S/C22H24N4O5S/c1-4-26(5-2)32(30,31)16-10-11-19-17(12-16)18(13-20(27)24-19)22(29)25(3)15-8-6-14(7-9-15)21(23)28/h6-13H,4-5H2,1-3H3,(H2,23,28)(H,24,27). The first-order chi connectivity index (χ1) is 15.1. The SMILES string of the molecule is CCN(CC)S(=O)(=O)c1ccc2[nH]c(=O)cc(C(=O)N(C)c3ccc(C(N)=O)cc3)c2c1. The third kappa shape index (κ3) is 4.27. The molecule has 9 nitrogen and oxygen atoms in total. The lowest BCUT2D eigenvalue weighted by molar-refractivity contribution is 0.0990. The fourth-order valence-corrected chi connectivity index (χ4v) is 4.91. The van der Waals surface area contributed by atoms with E-state index in [-0.39, 0.29) is 10.5 Å². The summed E-state index contributed by atoms with van der Waals surface area (Å²) in [6, 6.07) is 11.5. The van der Waals surface area contributed by atoms with Gasteiger partial charge in [0.25, 0.3) is 5.91 Å². The smallest absolute Gasteiger partial charge is 0.258 e. The van der Waals surface area contributed by atoms with Crippen LogP contribution in [0.2, 0.25) is 0 Å². The predicted octanol–water partition coefficient (Wildman–Crippen LogP) is 1.93. The van der Waals surface area contributed by atoms with Gasteiger partial charge >= 0.3 is 0 Å². The molecule has 3 rings (SSSR count). The van der Waals surface area contributed by atoms with Crippen molar-refractivity contribution in [2.24, 2.45) is 5.73 Å². The molecule has 0 spiro atoms. The molecule has 10 heteroatoms. The van der Waals surface area contributed by atoms with E-state index >= 15 is 0 Å². The molecule has 0 saturated carbocycles. The molecular weight excluding hydrogens is 432 g/mol. The number of nitrogens with two attached hydrogens (primary N) is 1. The maximum atomic E-state index is 13.3. The highest BCUT2D eigenvalue weighted by Crippen LogP contribution is 2.25. The third-order valence-corrected chi connectivity index (χ3v) is 7.28. The van der Waals surface area contributed by atoms with Crippen molar-refractivity contribution >= 4 is 38.4 Å². The first kappa shape index (κ1) is 23.2. The molecule has 0 radical (unpaired) electrons. The van der Waals surface area contributed by atoms with Crippen LogP contribution in [0.4, 0.5) is 5.69 Å². The summed E-state index contributed by atoms with van der Waals surface area (Å²) in [7, 11) is -2.24. The van der Waals surface area contributed by atoms with Crippen LogP contribution in [0.5, 0.6) is 0 Å². The molecule has 0 aliphatic heterocycles. The Bertz CT molecular complexity index is 1340. The second-order valence-corrected chi connectivity index (χ2v) is 9.06. The van der Waals surface area contributed by atoms with Gasteiger partial charge in [-0.25, -0.2) is 8.42 Å². The van der Waals surface area contributed by atoms with Crippen molar-refractivity contribution < 1.29 is 18.0 Å². The lowest BCUT2D eigenvalue weighted by Crippen LogP contribution is -2.31. The zero-order chi connectivity index (χ0) is 23.6. The van der Waals surface area contributed by atoms with E-state index in [9.17, 15) is 22.8 Å². The van der Waals surface area contributed by atoms with Crippen LogP contribution in [0, 0.1) is 0 Å². The van der Waals surface area contributed by atoms with E-state index in [1.165, 1.54) is 46.6 Å². The highest BCUT2D eigenvalue weighted by molar-refractivity contribution is 7.89. The van der Waals surface area contributed by atoms with Gasteiger partial charge in [0.2, 0.25) is 21.5 Å². The van der Waals surface area contributed by atoms with E-state index in [4.69, 9.17) is 5.73 Å². The lowest BCUT2D eigenvalue weighted by atomic mass is 10.1. The van der Waals surface area contributed by atoms with Crippen LogP contribution in [0.3, 0.4) is 0 Å². The minimum atomic E-state index is -3.76. The van der Waals surface area contributed by atoms with Crippen LogP contribution in [-0.2, 0) is 10.0 Å². The minimum Gasteiger partial charge on any atom is -0.366 e. The highest BCUT2D eigenvalue weighted by atomic mass is 32.2. The van der Waals surface area contributed by atoms with Crippen LogP contribution in [-0.4, -0.2) is 49.7 Å². The van der Waals surface area contributed by atoms with Gasteiger partial charge < -0.3 is 15.6 Å². The number of hydrogen-bond donors (Lipinski definition) is 2. The van der Waals surface area contributed by atoms with Gasteiger partial charge in [0.15, 0.2) is 0 Å². The molecule has 3 N–H and O–H groups in total. The molecule has 168 valence electrons. The predicted molar refractivity (Wildman–Crippen MR) is 122 cm³/mol. The molecule has 0 atom stereocenters. The van der Waals surface area contributed by atoms with Gasteiger partial charge in [-0.05, 0) is 42.5 Å². The van der Waals surface area contributed by atoms with E-state index < -0.39 is 27.4 Å². The normalized spacial score (nSPS) is 11.6. The maximum Gasteiger partial charge on any atom is 0.258 e. The average Bonchev–Trinajstić information content (AvgIpc) is 2.77. The van der Waals surface area contributed by atoms with E-state index in [0.717, 1.165) is 6.07 Å². The Morgan fingerprint density at radius 1 is 1.00 bits per heavy atom. The Morgan fingerprint density at radius 3 is 2.19 bits per heavy atom. The Kier molecular flexibility index (Phi) is 6.47. The molecule has 1 heterocycles. The molecule has 2 amide bonds. The van der Waals surface area contributed by atoms with Crippen LogP contribution < -0.4 is 16.2 Å². The fourth-order valence-electron chi connectivity index (χ4n) is 3.43.